The second kappa shape index (κ2) is 5.75. The van der Waals surface area contributed by atoms with E-state index in [1.165, 1.54) is 24.3 Å². The molecule has 0 aliphatic heterocycles. The molecule has 114 valence electrons. The number of sulfone groups is 1. The van der Waals surface area contributed by atoms with Crippen LogP contribution in [-0.4, -0.2) is 14.5 Å². The predicted molar refractivity (Wildman–Crippen MR) is 71.1 cm³/mol. The lowest BCUT2D eigenvalue weighted by Crippen LogP contribution is -2.08. The van der Waals surface area contributed by atoms with E-state index in [0.717, 1.165) is 18.2 Å². The third-order valence-corrected chi connectivity index (χ3v) is 4.57. The first-order valence-electron chi connectivity index (χ1n) is 5.86. The summed E-state index contributed by atoms with van der Waals surface area (Å²) in [6, 6.07) is 9.31. The molecule has 8 heteroatoms. The smallest absolute Gasteiger partial charge is 0.219 e. The molecular weight excluding hydrogens is 319 g/mol. The number of halogens is 3. The van der Waals surface area contributed by atoms with E-state index in [2.05, 4.69) is 4.99 Å². The zero-order valence-corrected chi connectivity index (χ0v) is 11.6. The first-order valence-corrected chi connectivity index (χ1v) is 7.34. The van der Waals surface area contributed by atoms with Crippen LogP contribution in [0.15, 0.2) is 63.3 Å². The third-order valence-electron chi connectivity index (χ3n) is 2.80. The number of benzene rings is 2. The molecule has 2 aromatic carbocycles. The number of hydrogen-bond donors (Lipinski definition) is 0. The van der Waals surface area contributed by atoms with Crippen LogP contribution in [0.3, 0.4) is 0 Å². The van der Waals surface area contributed by atoms with Crippen LogP contribution in [0.5, 0.6) is 0 Å². The lowest BCUT2D eigenvalue weighted by molar-refractivity contribution is -0.137. The highest BCUT2D eigenvalue weighted by Gasteiger charge is 2.35. The van der Waals surface area contributed by atoms with Crippen molar-refractivity contribution in [3.8, 4) is 0 Å². The molecule has 0 aliphatic rings. The van der Waals surface area contributed by atoms with Gasteiger partial charge in [0.15, 0.2) is 0 Å². The number of rotatable bonds is 3. The Balaban J connectivity index is 2.66. The topological polar surface area (TPSA) is 63.6 Å². The van der Waals surface area contributed by atoms with Gasteiger partial charge in [-0.2, -0.15) is 18.2 Å². The van der Waals surface area contributed by atoms with Gasteiger partial charge in [0.1, 0.15) is 0 Å². The van der Waals surface area contributed by atoms with Crippen molar-refractivity contribution >= 4 is 21.6 Å². The minimum Gasteiger partial charge on any atom is -0.219 e. The predicted octanol–water partition coefficient (Wildman–Crippen LogP) is 3.51. The van der Waals surface area contributed by atoms with E-state index in [0.29, 0.717) is 6.07 Å². The minimum absolute atomic E-state index is 0.130. The van der Waals surface area contributed by atoms with Crippen molar-refractivity contribution in [2.24, 2.45) is 4.99 Å². The molecule has 0 aromatic heterocycles. The highest BCUT2D eigenvalue weighted by molar-refractivity contribution is 7.91. The molecule has 0 heterocycles. The van der Waals surface area contributed by atoms with Crippen molar-refractivity contribution in [2.45, 2.75) is 16.0 Å². The van der Waals surface area contributed by atoms with Crippen LogP contribution in [0.2, 0.25) is 0 Å². The fourth-order valence-corrected chi connectivity index (χ4v) is 3.10. The van der Waals surface area contributed by atoms with Crippen LogP contribution < -0.4 is 0 Å². The molecule has 0 aliphatic carbocycles. The van der Waals surface area contributed by atoms with E-state index >= 15 is 0 Å². The molecular formula is C14H8F3NO3S. The van der Waals surface area contributed by atoms with Crippen molar-refractivity contribution < 1.29 is 26.4 Å². The largest absolute Gasteiger partial charge is 0.418 e. The van der Waals surface area contributed by atoms with Crippen LogP contribution >= 0.6 is 0 Å². The number of hydrogen-bond acceptors (Lipinski definition) is 4. The lowest BCUT2D eigenvalue weighted by Gasteiger charge is -2.11. The molecule has 2 aromatic rings. The second-order valence-corrected chi connectivity index (χ2v) is 6.15. The van der Waals surface area contributed by atoms with Gasteiger partial charge in [0.2, 0.25) is 15.9 Å². The monoisotopic (exact) mass is 327 g/mol. The van der Waals surface area contributed by atoms with Gasteiger partial charge < -0.3 is 0 Å². The molecule has 0 unspecified atom stereocenters. The van der Waals surface area contributed by atoms with Crippen LogP contribution in [0.4, 0.5) is 18.9 Å². The zero-order valence-electron chi connectivity index (χ0n) is 10.8. The zero-order chi connectivity index (χ0) is 16.4. The van der Waals surface area contributed by atoms with Gasteiger partial charge >= 0.3 is 6.18 Å². The van der Waals surface area contributed by atoms with E-state index in [-0.39, 0.29) is 4.90 Å². The molecule has 0 saturated carbocycles. The van der Waals surface area contributed by atoms with E-state index in [1.807, 2.05) is 0 Å². The quantitative estimate of drug-likeness (QED) is 0.640. The SMILES string of the molecule is O=C=Nc1ccc(S(=O)(=O)c2ccccc2)cc1C(F)(F)F. The molecule has 0 atom stereocenters. The standard InChI is InChI=1S/C14H8F3NO3S/c15-14(16,17)12-8-11(6-7-13(12)18-9-19)22(20,21)10-4-2-1-3-5-10/h1-8H. The van der Waals surface area contributed by atoms with E-state index in [1.54, 1.807) is 6.07 Å². The average Bonchev–Trinajstić information content (AvgIpc) is 2.47. The van der Waals surface area contributed by atoms with Gasteiger partial charge in [-0.15, -0.1) is 0 Å². The van der Waals surface area contributed by atoms with Crippen LogP contribution in [0.1, 0.15) is 5.56 Å². The van der Waals surface area contributed by atoms with E-state index < -0.39 is 32.2 Å². The molecule has 4 nitrogen and oxygen atoms in total. The molecule has 0 fully saturated rings. The number of carbonyl (C=O) groups excluding carboxylic acids is 1. The summed E-state index contributed by atoms with van der Waals surface area (Å²) in [4.78, 5) is 12.5. The number of isocyanates is 1. The molecule has 0 N–H and O–H groups in total. The van der Waals surface area contributed by atoms with Crippen molar-refractivity contribution in [3.05, 3.63) is 54.1 Å². The fraction of sp³-hybridized carbons (Fsp3) is 0.0714. The third kappa shape index (κ3) is 3.08. The van der Waals surface area contributed by atoms with Gasteiger partial charge in [-0.1, -0.05) is 18.2 Å². The van der Waals surface area contributed by atoms with E-state index in [4.69, 9.17) is 0 Å². The maximum atomic E-state index is 13.0. The Hall–Kier alpha value is -2.44. The Morgan fingerprint density at radius 1 is 0.955 bits per heavy atom. The second-order valence-electron chi connectivity index (χ2n) is 4.20. The minimum atomic E-state index is -4.85. The fourth-order valence-electron chi connectivity index (χ4n) is 1.79. The van der Waals surface area contributed by atoms with Crippen LogP contribution in [0, 0.1) is 0 Å². The Morgan fingerprint density at radius 2 is 1.59 bits per heavy atom. The summed E-state index contributed by atoms with van der Waals surface area (Å²) in [5.41, 5.74) is -2.00. The molecule has 0 saturated heterocycles. The number of nitrogens with zero attached hydrogens (tertiary/aromatic N) is 1. The van der Waals surface area contributed by atoms with Gasteiger partial charge in [0, 0.05) is 0 Å². The van der Waals surface area contributed by atoms with Gasteiger partial charge in [0.25, 0.3) is 0 Å². The van der Waals surface area contributed by atoms with E-state index in [9.17, 15) is 26.4 Å². The lowest BCUT2D eigenvalue weighted by atomic mass is 10.2. The highest BCUT2D eigenvalue weighted by Crippen LogP contribution is 2.38. The Labute approximate surface area is 123 Å². The first-order chi connectivity index (χ1) is 10.3. The summed E-state index contributed by atoms with van der Waals surface area (Å²) >= 11 is 0. The summed E-state index contributed by atoms with van der Waals surface area (Å²) in [7, 11) is -4.09. The summed E-state index contributed by atoms with van der Waals surface area (Å²) in [6.45, 7) is 0. The van der Waals surface area contributed by atoms with Crippen molar-refractivity contribution in [1.82, 2.24) is 0 Å². The summed E-state index contributed by atoms with van der Waals surface area (Å²) in [6.07, 6.45) is -3.84. The summed E-state index contributed by atoms with van der Waals surface area (Å²) in [5.74, 6) is 0. The molecule has 0 radical (unpaired) electrons. The maximum Gasteiger partial charge on any atom is 0.418 e. The molecule has 0 spiro atoms. The molecule has 22 heavy (non-hydrogen) atoms. The number of aliphatic imine (C=N–C) groups is 1. The Bertz CT molecular complexity index is 839. The average molecular weight is 327 g/mol. The van der Waals surface area contributed by atoms with Gasteiger partial charge in [-0.25, -0.2) is 13.2 Å². The molecule has 2 rings (SSSR count). The van der Waals surface area contributed by atoms with Gasteiger partial charge in [-0.3, -0.25) is 0 Å². The van der Waals surface area contributed by atoms with Crippen molar-refractivity contribution in [3.63, 3.8) is 0 Å². The summed E-state index contributed by atoms with van der Waals surface area (Å²) < 4.78 is 63.5. The summed E-state index contributed by atoms with van der Waals surface area (Å²) in [5, 5.41) is 0. The van der Waals surface area contributed by atoms with Crippen LogP contribution in [0.25, 0.3) is 0 Å². The van der Waals surface area contributed by atoms with Crippen molar-refractivity contribution in [2.75, 3.05) is 0 Å². The Morgan fingerprint density at radius 3 is 2.14 bits per heavy atom. The first kappa shape index (κ1) is 15.9. The molecule has 0 bridgehead atoms. The van der Waals surface area contributed by atoms with Gasteiger partial charge in [-0.05, 0) is 30.3 Å². The normalized spacial score (nSPS) is 11.8. The maximum absolute atomic E-state index is 13.0. The Kier molecular flexibility index (Phi) is 4.16. The van der Waals surface area contributed by atoms with Crippen molar-refractivity contribution in [1.29, 1.82) is 0 Å². The van der Waals surface area contributed by atoms with Gasteiger partial charge in [0.05, 0.1) is 21.0 Å². The highest BCUT2D eigenvalue weighted by atomic mass is 32.2. The number of alkyl halides is 3. The molecule has 0 amide bonds. The van der Waals surface area contributed by atoms with Crippen LogP contribution in [-0.2, 0) is 20.8 Å².